The summed E-state index contributed by atoms with van der Waals surface area (Å²) >= 11 is 0. The van der Waals surface area contributed by atoms with Crippen molar-refractivity contribution < 1.29 is 9.53 Å². The second-order valence-electron chi connectivity index (χ2n) is 7.11. The van der Waals surface area contributed by atoms with E-state index in [1.165, 1.54) is 23.6 Å². The van der Waals surface area contributed by atoms with Crippen LogP contribution in [0.25, 0.3) is 0 Å². The van der Waals surface area contributed by atoms with E-state index in [0.717, 1.165) is 31.6 Å². The van der Waals surface area contributed by atoms with Crippen molar-refractivity contribution in [3.63, 3.8) is 0 Å². The maximum Gasteiger partial charge on any atom is 0.267 e. The highest BCUT2D eigenvalue weighted by Crippen LogP contribution is 2.56. The Kier molecular flexibility index (Phi) is 4.76. The van der Waals surface area contributed by atoms with Crippen LogP contribution in [0.5, 0.6) is 0 Å². The van der Waals surface area contributed by atoms with Crippen molar-refractivity contribution in [2.45, 2.75) is 64.6 Å². The van der Waals surface area contributed by atoms with Crippen LogP contribution in [0.1, 0.15) is 44.7 Å². The van der Waals surface area contributed by atoms with Gasteiger partial charge in [-0.3, -0.25) is 9.59 Å². The second-order valence-corrected chi connectivity index (χ2v) is 7.11. The van der Waals surface area contributed by atoms with Gasteiger partial charge in [-0.05, 0) is 39.2 Å². The molecule has 2 saturated carbocycles. The van der Waals surface area contributed by atoms with Crippen molar-refractivity contribution in [2.75, 3.05) is 13.7 Å². The van der Waals surface area contributed by atoms with Crippen molar-refractivity contribution >= 4 is 5.91 Å². The van der Waals surface area contributed by atoms with Gasteiger partial charge in [0.25, 0.3) is 5.56 Å². The molecule has 2 aliphatic carbocycles. The van der Waals surface area contributed by atoms with E-state index in [0.29, 0.717) is 0 Å². The van der Waals surface area contributed by atoms with Crippen LogP contribution in [0.2, 0.25) is 0 Å². The molecular formula is C18H27N3O3. The molecule has 1 heterocycles. The van der Waals surface area contributed by atoms with Gasteiger partial charge in [-0.2, -0.15) is 5.10 Å². The zero-order chi connectivity index (χ0) is 17.3. The number of nitrogens with zero attached hydrogens (tertiary/aromatic N) is 3. The fourth-order valence-electron chi connectivity index (χ4n) is 4.47. The average Bonchev–Trinajstić information content (AvgIpc) is 3.06. The first-order valence-corrected chi connectivity index (χ1v) is 8.90. The molecule has 24 heavy (non-hydrogen) atoms. The minimum absolute atomic E-state index is 0.00287. The molecule has 1 spiro atoms. The third-order valence-corrected chi connectivity index (χ3v) is 5.79. The number of carbonyl (C=O) groups excluding carboxylic acids is 1. The third kappa shape index (κ3) is 2.88. The highest BCUT2D eigenvalue weighted by molar-refractivity contribution is 5.76. The zero-order valence-corrected chi connectivity index (χ0v) is 14.8. The molecule has 0 N–H and O–H groups in total. The molecule has 3 rings (SSSR count). The second kappa shape index (κ2) is 6.67. The van der Waals surface area contributed by atoms with Gasteiger partial charge in [-0.1, -0.05) is 12.8 Å². The van der Waals surface area contributed by atoms with Crippen molar-refractivity contribution in [3.8, 4) is 0 Å². The Morgan fingerprint density at radius 3 is 2.79 bits per heavy atom. The van der Waals surface area contributed by atoms with E-state index in [-0.39, 0.29) is 35.6 Å². The molecule has 2 atom stereocenters. The van der Waals surface area contributed by atoms with E-state index in [2.05, 4.69) is 5.10 Å². The molecule has 0 unspecified atom stereocenters. The molecule has 1 aromatic heterocycles. The van der Waals surface area contributed by atoms with Crippen LogP contribution in [0.15, 0.2) is 16.9 Å². The van der Waals surface area contributed by atoms with E-state index in [9.17, 15) is 9.59 Å². The SMILES string of the molecule is CCO[C@H]1C[C@H](N(C)C(=O)Cn2nc(C)ccc2=O)C12CCCC2. The lowest BCUT2D eigenvalue weighted by molar-refractivity contribution is -0.172. The zero-order valence-electron chi connectivity index (χ0n) is 14.8. The number of carbonyl (C=O) groups is 1. The minimum atomic E-state index is -0.237. The van der Waals surface area contributed by atoms with Crippen molar-refractivity contribution in [3.05, 3.63) is 28.2 Å². The first-order valence-electron chi connectivity index (χ1n) is 8.90. The topological polar surface area (TPSA) is 64.4 Å². The van der Waals surface area contributed by atoms with Crippen LogP contribution < -0.4 is 5.56 Å². The maximum absolute atomic E-state index is 12.7. The summed E-state index contributed by atoms with van der Waals surface area (Å²) in [5.74, 6) is -0.0542. The molecule has 2 aliphatic rings. The molecule has 0 radical (unpaired) electrons. The number of hydrogen-bond acceptors (Lipinski definition) is 4. The van der Waals surface area contributed by atoms with E-state index >= 15 is 0 Å². The normalized spacial score (nSPS) is 24.8. The summed E-state index contributed by atoms with van der Waals surface area (Å²) in [5.41, 5.74) is 0.613. The monoisotopic (exact) mass is 333 g/mol. The number of likely N-dealkylation sites (N-methyl/N-ethyl adjacent to an activating group) is 1. The first kappa shape index (κ1) is 17.1. The lowest BCUT2D eigenvalue weighted by Crippen LogP contribution is -2.64. The lowest BCUT2D eigenvalue weighted by atomic mass is 9.60. The van der Waals surface area contributed by atoms with Crippen LogP contribution in [0.4, 0.5) is 0 Å². The van der Waals surface area contributed by atoms with E-state index in [4.69, 9.17) is 4.74 Å². The summed E-state index contributed by atoms with van der Waals surface area (Å²) in [7, 11) is 1.86. The van der Waals surface area contributed by atoms with E-state index in [1.807, 2.05) is 25.8 Å². The molecule has 0 aromatic carbocycles. The van der Waals surface area contributed by atoms with Crippen LogP contribution in [0, 0.1) is 12.3 Å². The molecule has 2 fully saturated rings. The third-order valence-electron chi connectivity index (χ3n) is 5.79. The van der Waals surface area contributed by atoms with E-state index in [1.54, 1.807) is 6.07 Å². The Labute approximate surface area is 142 Å². The van der Waals surface area contributed by atoms with Crippen LogP contribution >= 0.6 is 0 Å². The van der Waals surface area contributed by atoms with Gasteiger partial charge in [-0.25, -0.2) is 4.68 Å². The number of rotatable bonds is 5. The lowest BCUT2D eigenvalue weighted by Gasteiger charge is -2.57. The smallest absolute Gasteiger partial charge is 0.267 e. The number of amides is 1. The van der Waals surface area contributed by atoms with Crippen molar-refractivity contribution in [1.82, 2.24) is 14.7 Å². The van der Waals surface area contributed by atoms with Gasteiger partial charge in [0.1, 0.15) is 6.54 Å². The average molecular weight is 333 g/mol. The number of aromatic nitrogens is 2. The molecule has 0 bridgehead atoms. The number of aryl methyl sites for hydroxylation is 1. The molecule has 1 aromatic rings. The highest BCUT2D eigenvalue weighted by atomic mass is 16.5. The minimum Gasteiger partial charge on any atom is -0.378 e. The van der Waals surface area contributed by atoms with Crippen molar-refractivity contribution in [2.24, 2.45) is 5.41 Å². The van der Waals surface area contributed by atoms with Gasteiger partial charge in [-0.15, -0.1) is 0 Å². The van der Waals surface area contributed by atoms with Gasteiger partial charge in [0.15, 0.2) is 0 Å². The number of ether oxygens (including phenoxy) is 1. The van der Waals surface area contributed by atoms with Crippen LogP contribution in [-0.2, 0) is 16.1 Å². The van der Waals surface area contributed by atoms with Gasteiger partial charge in [0.2, 0.25) is 5.91 Å². The summed E-state index contributed by atoms with van der Waals surface area (Å²) in [6.07, 6.45) is 5.84. The van der Waals surface area contributed by atoms with Gasteiger partial charge >= 0.3 is 0 Å². The first-order chi connectivity index (χ1) is 11.5. The van der Waals surface area contributed by atoms with Gasteiger partial charge in [0, 0.05) is 31.2 Å². The Morgan fingerprint density at radius 1 is 1.42 bits per heavy atom. The van der Waals surface area contributed by atoms with Crippen molar-refractivity contribution in [1.29, 1.82) is 0 Å². The Hall–Kier alpha value is -1.69. The summed E-state index contributed by atoms with van der Waals surface area (Å²) in [6, 6.07) is 3.34. The molecule has 0 saturated heterocycles. The molecule has 1 amide bonds. The Morgan fingerprint density at radius 2 is 2.12 bits per heavy atom. The summed E-state index contributed by atoms with van der Waals surface area (Å²) in [6.45, 7) is 4.57. The summed E-state index contributed by atoms with van der Waals surface area (Å²) in [4.78, 5) is 26.4. The largest absolute Gasteiger partial charge is 0.378 e. The fourth-order valence-corrected chi connectivity index (χ4v) is 4.47. The Bertz CT molecular complexity index is 664. The van der Waals surface area contributed by atoms with Crippen LogP contribution in [0.3, 0.4) is 0 Å². The highest BCUT2D eigenvalue weighted by Gasteiger charge is 2.58. The Balaban J connectivity index is 1.72. The summed E-state index contributed by atoms with van der Waals surface area (Å²) < 4.78 is 7.18. The molecule has 6 heteroatoms. The fraction of sp³-hybridized carbons (Fsp3) is 0.722. The maximum atomic E-state index is 12.7. The quantitative estimate of drug-likeness (QED) is 0.823. The predicted octanol–water partition coefficient (Wildman–Crippen LogP) is 1.75. The molecule has 6 nitrogen and oxygen atoms in total. The standard InChI is InChI=1S/C18H27N3O3/c1-4-24-15-11-14(18(15)9-5-6-10-18)20(3)17(23)12-21-16(22)8-7-13(2)19-21/h7-8,14-15H,4-6,9-12H2,1-3H3/t14-,15-/m0/s1. The molecular weight excluding hydrogens is 306 g/mol. The van der Waals surface area contributed by atoms with E-state index < -0.39 is 0 Å². The predicted molar refractivity (Wildman–Crippen MR) is 90.7 cm³/mol. The molecule has 0 aliphatic heterocycles. The number of hydrogen-bond donors (Lipinski definition) is 0. The summed E-state index contributed by atoms with van der Waals surface area (Å²) in [5, 5.41) is 4.16. The van der Waals surface area contributed by atoms with Gasteiger partial charge in [0.05, 0.1) is 11.8 Å². The van der Waals surface area contributed by atoms with Gasteiger partial charge < -0.3 is 9.64 Å². The van der Waals surface area contributed by atoms with Crippen LogP contribution in [-0.4, -0.2) is 46.4 Å². The molecule has 132 valence electrons.